The number of rotatable bonds is 2. The quantitative estimate of drug-likeness (QED) is 0.536. The van der Waals surface area contributed by atoms with Gasteiger partial charge in [-0.2, -0.15) is 0 Å². The molecule has 0 aliphatic heterocycles. The van der Waals surface area contributed by atoms with E-state index in [4.69, 9.17) is 11.5 Å². The lowest BCUT2D eigenvalue weighted by molar-refractivity contribution is 0.926. The highest BCUT2D eigenvalue weighted by Crippen LogP contribution is 1.83. The third-order valence-corrected chi connectivity index (χ3v) is 0.774. The maximum atomic E-state index is 5.42. The van der Waals surface area contributed by atoms with E-state index in [1.165, 1.54) is 0 Å². The van der Waals surface area contributed by atoms with Crippen LogP contribution in [0.4, 0.5) is 0 Å². The number of hydrogen-bond donors (Lipinski definition) is 2. The summed E-state index contributed by atoms with van der Waals surface area (Å²) in [4.78, 5) is 0. The summed E-state index contributed by atoms with van der Waals surface area (Å²) in [7, 11) is 0. The molecule has 9 heavy (non-hydrogen) atoms. The zero-order valence-electron chi connectivity index (χ0n) is 5.96. The Balaban J connectivity index is 3.60. The molecule has 4 N–H and O–H groups in total. The summed E-state index contributed by atoms with van der Waals surface area (Å²) in [5.74, 6) is 0. The van der Waals surface area contributed by atoms with Crippen molar-refractivity contribution in [3.8, 4) is 0 Å². The molecular formula is C7H14N2. The van der Waals surface area contributed by atoms with Crippen LogP contribution in [0, 0.1) is 0 Å². The molecule has 0 aromatic carbocycles. The maximum Gasteiger partial charge on any atom is 0.0197 e. The first-order valence-corrected chi connectivity index (χ1v) is 2.99. The summed E-state index contributed by atoms with van der Waals surface area (Å²) < 4.78 is 0. The van der Waals surface area contributed by atoms with Crippen LogP contribution in [-0.4, -0.2) is 6.04 Å². The van der Waals surface area contributed by atoms with Crippen molar-refractivity contribution in [1.82, 2.24) is 0 Å². The van der Waals surface area contributed by atoms with Gasteiger partial charge >= 0.3 is 0 Å². The summed E-state index contributed by atoms with van der Waals surface area (Å²) in [5, 5.41) is 0. The fourth-order valence-corrected chi connectivity index (χ4v) is 0.383. The topological polar surface area (TPSA) is 52.0 Å². The lowest BCUT2D eigenvalue weighted by Gasteiger charge is -1.90. The molecule has 0 saturated heterocycles. The standard InChI is InChI=1S/C7H14N2/c1-6(8)4-3-5-7(2)9/h3-6H,8-9H2,1-2H3/b4-3-,7-5+. The van der Waals surface area contributed by atoms with Gasteiger partial charge in [0, 0.05) is 11.7 Å². The van der Waals surface area contributed by atoms with Gasteiger partial charge in [0.15, 0.2) is 0 Å². The Morgan fingerprint density at radius 2 is 2.11 bits per heavy atom. The van der Waals surface area contributed by atoms with Crippen molar-refractivity contribution in [3.63, 3.8) is 0 Å². The van der Waals surface area contributed by atoms with Crippen molar-refractivity contribution in [2.75, 3.05) is 0 Å². The summed E-state index contributed by atoms with van der Waals surface area (Å²) in [6.45, 7) is 3.75. The maximum absolute atomic E-state index is 5.42. The van der Waals surface area contributed by atoms with Crippen molar-refractivity contribution in [2.24, 2.45) is 11.5 Å². The zero-order valence-corrected chi connectivity index (χ0v) is 5.96. The molecule has 52 valence electrons. The summed E-state index contributed by atoms with van der Waals surface area (Å²) >= 11 is 0. The van der Waals surface area contributed by atoms with Gasteiger partial charge in [0.25, 0.3) is 0 Å². The van der Waals surface area contributed by atoms with Crippen molar-refractivity contribution in [3.05, 3.63) is 23.9 Å². The lowest BCUT2D eigenvalue weighted by Crippen LogP contribution is -2.09. The van der Waals surface area contributed by atoms with Crippen molar-refractivity contribution < 1.29 is 0 Å². The molecule has 0 aliphatic rings. The molecular weight excluding hydrogens is 112 g/mol. The van der Waals surface area contributed by atoms with E-state index in [9.17, 15) is 0 Å². The Labute approximate surface area is 56.2 Å². The van der Waals surface area contributed by atoms with E-state index in [0.29, 0.717) is 0 Å². The Morgan fingerprint density at radius 3 is 2.44 bits per heavy atom. The van der Waals surface area contributed by atoms with Crippen LogP contribution in [0.1, 0.15) is 13.8 Å². The SMILES string of the molecule is C/C(N)=C\C=C/C(C)N. The largest absolute Gasteiger partial charge is 0.402 e. The molecule has 0 aliphatic carbocycles. The van der Waals surface area contributed by atoms with Gasteiger partial charge < -0.3 is 11.5 Å². The van der Waals surface area contributed by atoms with E-state index in [0.717, 1.165) is 5.70 Å². The molecule has 0 radical (unpaired) electrons. The molecule has 1 unspecified atom stereocenters. The first-order valence-electron chi connectivity index (χ1n) is 2.99. The number of nitrogens with two attached hydrogens (primary N) is 2. The second-order valence-corrected chi connectivity index (χ2v) is 2.15. The summed E-state index contributed by atoms with van der Waals surface area (Å²) in [6.07, 6.45) is 5.57. The molecule has 0 aromatic rings. The van der Waals surface area contributed by atoms with Gasteiger partial charge in [-0.05, 0) is 19.9 Å². The monoisotopic (exact) mass is 126 g/mol. The van der Waals surface area contributed by atoms with E-state index in [1.54, 1.807) is 0 Å². The third kappa shape index (κ3) is 7.24. The second-order valence-electron chi connectivity index (χ2n) is 2.15. The molecule has 1 atom stereocenters. The van der Waals surface area contributed by atoms with Crippen LogP contribution in [0.25, 0.3) is 0 Å². The van der Waals surface area contributed by atoms with E-state index in [1.807, 2.05) is 32.1 Å². The molecule has 0 spiro atoms. The molecule has 0 amide bonds. The average molecular weight is 126 g/mol. The lowest BCUT2D eigenvalue weighted by atomic mass is 10.3. The molecule has 0 fully saturated rings. The van der Waals surface area contributed by atoms with E-state index in [-0.39, 0.29) is 6.04 Å². The average Bonchev–Trinajstić information content (AvgIpc) is 1.63. The molecule has 2 heteroatoms. The van der Waals surface area contributed by atoms with Crippen LogP contribution >= 0.6 is 0 Å². The normalized spacial score (nSPS) is 16.6. The van der Waals surface area contributed by atoms with Gasteiger partial charge in [0.2, 0.25) is 0 Å². The fraction of sp³-hybridized carbons (Fsp3) is 0.429. The van der Waals surface area contributed by atoms with Crippen molar-refractivity contribution in [1.29, 1.82) is 0 Å². The van der Waals surface area contributed by atoms with Crippen LogP contribution in [0.5, 0.6) is 0 Å². The molecule has 0 bridgehead atoms. The minimum atomic E-state index is 0.112. The van der Waals surface area contributed by atoms with Crippen molar-refractivity contribution in [2.45, 2.75) is 19.9 Å². The van der Waals surface area contributed by atoms with E-state index >= 15 is 0 Å². The first-order chi connectivity index (χ1) is 4.13. The van der Waals surface area contributed by atoms with Gasteiger partial charge in [-0.1, -0.05) is 12.2 Å². The highest BCUT2D eigenvalue weighted by atomic mass is 14.6. The highest BCUT2D eigenvalue weighted by Gasteiger charge is 1.79. The summed E-state index contributed by atoms with van der Waals surface area (Å²) in [5.41, 5.74) is 11.6. The van der Waals surface area contributed by atoms with Crippen LogP contribution in [-0.2, 0) is 0 Å². The minimum absolute atomic E-state index is 0.112. The Bertz CT molecular complexity index is 119. The van der Waals surface area contributed by atoms with Crippen LogP contribution < -0.4 is 11.5 Å². The minimum Gasteiger partial charge on any atom is -0.402 e. The zero-order chi connectivity index (χ0) is 7.28. The molecule has 2 nitrogen and oxygen atoms in total. The number of allylic oxidation sites excluding steroid dienone is 3. The van der Waals surface area contributed by atoms with Crippen LogP contribution in [0.15, 0.2) is 23.9 Å². The Morgan fingerprint density at radius 1 is 1.56 bits per heavy atom. The van der Waals surface area contributed by atoms with Gasteiger partial charge in [-0.25, -0.2) is 0 Å². The molecule has 0 rings (SSSR count). The number of hydrogen-bond acceptors (Lipinski definition) is 2. The van der Waals surface area contributed by atoms with Gasteiger partial charge in [0.1, 0.15) is 0 Å². The van der Waals surface area contributed by atoms with E-state index in [2.05, 4.69) is 0 Å². The van der Waals surface area contributed by atoms with Crippen LogP contribution in [0.3, 0.4) is 0 Å². The highest BCUT2D eigenvalue weighted by molar-refractivity contribution is 5.08. The molecule has 0 saturated carbocycles. The Kier molecular flexibility index (Phi) is 3.80. The van der Waals surface area contributed by atoms with Gasteiger partial charge in [0.05, 0.1) is 0 Å². The Hall–Kier alpha value is -0.760. The van der Waals surface area contributed by atoms with Crippen LogP contribution in [0.2, 0.25) is 0 Å². The predicted molar refractivity (Wildman–Crippen MR) is 40.7 cm³/mol. The van der Waals surface area contributed by atoms with Gasteiger partial charge in [-0.3, -0.25) is 0 Å². The van der Waals surface area contributed by atoms with Gasteiger partial charge in [-0.15, -0.1) is 0 Å². The van der Waals surface area contributed by atoms with E-state index < -0.39 is 0 Å². The molecule has 0 aromatic heterocycles. The molecule has 0 heterocycles. The predicted octanol–water partition coefficient (Wildman–Crippen LogP) is 0.752. The third-order valence-electron chi connectivity index (χ3n) is 0.774. The van der Waals surface area contributed by atoms with Crippen molar-refractivity contribution >= 4 is 0 Å². The fourth-order valence-electron chi connectivity index (χ4n) is 0.383. The second kappa shape index (κ2) is 4.15. The first kappa shape index (κ1) is 8.24. The smallest absolute Gasteiger partial charge is 0.0197 e. The summed E-state index contributed by atoms with van der Waals surface area (Å²) in [6, 6.07) is 0.112.